The number of aryl methyl sites for hydroxylation is 1. The Morgan fingerprint density at radius 1 is 1.12 bits per heavy atom. The Balaban J connectivity index is 2.00. The van der Waals surface area contributed by atoms with E-state index in [1.54, 1.807) is 30.5 Å². The predicted molar refractivity (Wildman–Crippen MR) is 90.9 cm³/mol. The van der Waals surface area contributed by atoms with Crippen LogP contribution in [0.3, 0.4) is 0 Å². The monoisotopic (exact) mass is 318 g/mol. The van der Waals surface area contributed by atoms with Gasteiger partial charge in [0, 0.05) is 12.3 Å². The maximum atomic E-state index is 12.4. The lowest BCUT2D eigenvalue weighted by Gasteiger charge is -2.05. The Kier molecular flexibility index (Phi) is 3.16. The highest BCUT2D eigenvalue weighted by Gasteiger charge is 2.16. The van der Waals surface area contributed by atoms with Crippen molar-refractivity contribution in [1.29, 1.82) is 0 Å². The number of aromatic amines is 1. The number of hydrogen-bond donors (Lipinski definition) is 2. The topological polar surface area (TPSA) is 83.3 Å². The van der Waals surface area contributed by atoms with Crippen LogP contribution in [0.1, 0.15) is 5.69 Å². The van der Waals surface area contributed by atoms with Gasteiger partial charge in [-0.05, 0) is 48.9 Å². The fourth-order valence-electron chi connectivity index (χ4n) is 2.76. The van der Waals surface area contributed by atoms with Gasteiger partial charge in [-0.15, -0.1) is 0 Å². The van der Waals surface area contributed by atoms with Gasteiger partial charge in [0.1, 0.15) is 11.4 Å². The van der Waals surface area contributed by atoms with E-state index in [0.717, 1.165) is 22.5 Å². The van der Waals surface area contributed by atoms with Crippen molar-refractivity contribution >= 4 is 5.65 Å². The van der Waals surface area contributed by atoms with Crippen LogP contribution in [0.4, 0.5) is 0 Å². The molecule has 4 aromatic rings. The minimum Gasteiger partial charge on any atom is -0.508 e. The van der Waals surface area contributed by atoms with Gasteiger partial charge in [-0.3, -0.25) is 9.78 Å². The molecule has 24 heavy (non-hydrogen) atoms. The van der Waals surface area contributed by atoms with Crippen LogP contribution in [0.25, 0.3) is 28.2 Å². The first-order chi connectivity index (χ1) is 11.6. The second-order valence-corrected chi connectivity index (χ2v) is 5.50. The number of fused-ring (bicyclic) bond motifs is 1. The molecule has 0 saturated heterocycles. The van der Waals surface area contributed by atoms with E-state index < -0.39 is 0 Å². The number of phenols is 1. The van der Waals surface area contributed by atoms with E-state index in [0.29, 0.717) is 11.3 Å². The van der Waals surface area contributed by atoms with Crippen LogP contribution >= 0.6 is 0 Å². The molecule has 0 aliphatic rings. The molecule has 2 N–H and O–H groups in total. The van der Waals surface area contributed by atoms with E-state index in [4.69, 9.17) is 0 Å². The van der Waals surface area contributed by atoms with Crippen molar-refractivity contribution in [1.82, 2.24) is 19.6 Å². The van der Waals surface area contributed by atoms with Gasteiger partial charge in [0.2, 0.25) is 0 Å². The van der Waals surface area contributed by atoms with Crippen LogP contribution in [0.2, 0.25) is 0 Å². The summed E-state index contributed by atoms with van der Waals surface area (Å²) in [6.45, 7) is 1.85. The van der Waals surface area contributed by atoms with Gasteiger partial charge in [0.05, 0.1) is 22.6 Å². The molecule has 0 atom stereocenters. The third kappa shape index (κ3) is 2.25. The summed E-state index contributed by atoms with van der Waals surface area (Å²) >= 11 is 0. The fraction of sp³-hybridized carbons (Fsp3) is 0.0556. The highest BCUT2D eigenvalue weighted by molar-refractivity contribution is 5.78. The third-order valence-corrected chi connectivity index (χ3v) is 3.89. The molecule has 6 heteroatoms. The summed E-state index contributed by atoms with van der Waals surface area (Å²) < 4.78 is 1.35. The second-order valence-electron chi connectivity index (χ2n) is 5.50. The summed E-state index contributed by atoms with van der Waals surface area (Å²) in [5.41, 5.74) is 4.11. The van der Waals surface area contributed by atoms with Crippen molar-refractivity contribution < 1.29 is 5.11 Å². The molecule has 0 unspecified atom stereocenters. The summed E-state index contributed by atoms with van der Waals surface area (Å²) in [6, 6.07) is 13.8. The smallest absolute Gasteiger partial charge is 0.274 e. The summed E-state index contributed by atoms with van der Waals surface area (Å²) in [7, 11) is 0. The summed E-state index contributed by atoms with van der Waals surface area (Å²) in [5, 5.41) is 13.8. The highest BCUT2D eigenvalue weighted by Crippen LogP contribution is 2.26. The zero-order valence-electron chi connectivity index (χ0n) is 12.9. The Bertz CT molecular complexity index is 1080. The Labute approximate surface area is 137 Å². The molecule has 0 bridgehead atoms. The Hall–Kier alpha value is -3.41. The Morgan fingerprint density at radius 2 is 1.92 bits per heavy atom. The molecule has 4 rings (SSSR count). The molecule has 0 spiro atoms. The highest BCUT2D eigenvalue weighted by atomic mass is 16.3. The first-order valence-electron chi connectivity index (χ1n) is 7.47. The molecule has 0 radical (unpaired) electrons. The second kappa shape index (κ2) is 5.34. The quantitative estimate of drug-likeness (QED) is 0.595. The standard InChI is InChI=1S/C18H14N4O2/c1-11-17(14-4-2-3-9-19-14)18-20-15(10-16(24)22(18)21-11)12-5-7-13(23)8-6-12/h2-10,20,23H,1H3. The minimum absolute atomic E-state index is 0.177. The minimum atomic E-state index is -0.225. The van der Waals surface area contributed by atoms with E-state index >= 15 is 0 Å². The van der Waals surface area contributed by atoms with Crippen molar-refractivity contribution in [2.24, 2.45) is 0 Å². The molecule has 0 fully saturated rings. The number of nitrogens with one attached hydrogen (secondary N) is 1. The van der Waals surface area contributed by atoms with Crippen LogP contribution in [-0.2, 0) is 0 Å². The number of H-pyrrole nitrogens is 1. The lowest BCUT2D eigenvalue weighted by atomic mass is 10.1. The van der Waals surface area contributed by atoms with E-state index in [1.165, 1.54) is 10.6 Å². The van der Waals surface area contributed by atoms with Crippen molar-refractivity contribution in [3.8, 4) is 28.3 Å². The van der Waals surface area contributed by atoms with Gasteiger partial charge in [0.15, 0.2) is 0 Å². The van der Waals surface area contributed by atoms with E-state index in [9.17, 15) is 9.90 Å². The van der Waals surface area contributed by atoms with E-state index in [1.807, 2.05) is 25.1 Å². The van der Waals surface area contributed by atoms with Crippen molar-refractivity contribution in [2.75, 3.05) is 0 Å². The molecule has 3 heterocycles. The normalized spacial score (nSPS) is 11.0. The molecule has 1 aromatic carbocycles. The van der Waals surface area contributed by atoms with Gasteiger partial charge < -0.3 is 10.1 Å². The molecule has 0 aliphatic carbocycles. The molecule has 118 valence electrons. The van der Waals surface area contributed by atoms with Crippen LogP contribution in [0.15, 0.2) is 59.5 Å². The zero-order valence-corrected chi connectivity index (χ0v) is 12.9. The number of nitrogens with zero attached hydrogens (tertiary/aromatic N) is 3. The first kappa shape index (κ1) is 14.2. The Morgan fingerprint density at radius 3 is 2.62 bits per heavy atom. The molecule has 3 aromatic heterocycles. The average molecular weight is 318 g/mol. The van der Waals surface area contributed by atoms with Gasteiger partial charge in [0.25, 0.3) is 5.56 Å². The number of hydrogen-bond acceptors (Lipinski definition) is 4. The summed E-state index contributed by atoms with van der Waals surface area (Å²) in [5.74, 6) is 0.177. The lowest BCUT2D eigenvalue weighted by Crippen LogP contribution is -2.14. The number of pyridine rings is 1. The van der Waals surface area contributed by atoms with Crippen molar-refractivity contribution in [2.45, 2.75) is 6.92 Å². The lowest BCUT2D eigenvalue weighted by molar-refractivity contribution is 0.475. The molecule has 6 nitrogen and oxygen atoms in total. The fourth-order valence-corrected chi connectivity index (χ4v) is 2.76. The van der Waals surface area contributed by atoms with Crippen LogP contribution in [0, 0.1) is 6.92 Å². The van der Waals surface area contributed by atoms with E-state index in [2.05, 4.69) is 15.1 Å². The molecule has 0 amide bonds. The van der Waals surface area contributed by atoms with Gasteiger partial charge in [-0.1, -0.05) is 6.07 Å². The summed E-state index contributed by atoms with van der Waals surface area (Å²) in [6.07, 6.45) is 1.71. The first-order valence-corrected chi connectivity index (χ1v) is 7.47. The maximum absolute atomic E-state index is 12.4. The van der Waals surface area contributed by atoms with E-state index in [-0.39, 0.29) is 11.3 Å². The third-order valence-electron chi connectivity index (χ3n) is 3.89. The molecule has 0 aliphatic heterocycles. The van der Waals surface area contributed by atoms with Crippen LogP contribution in [0.5, 0.6) is 5.75 Å². The SMILES string of the molecule is Cc1nn2c(=O)cc(-c3ccc(O)cc3)[nH]c2c1-c1ccccn1. The molecular formula is C18H14N4O2. The van der Waals surface area contributed by atoms with Crippen LogP contribution in [-0.4, -0.2) is 24.7 Å². The number of rotatable bonds is 2. The number of aromatic hydroxyl groups is 1. The van der Waals surface area contributed by atoms with Gasteiger partial charge in [-0.2, -0.15) is 9.61 Å². The van der Waals surface area contributed by atoms with Gasteiger partial charge >= 0.3 is 0 Å². The zero-order chi connectivity index (χ0) is 16.7. The number of benzene rings is 1. The van der Waals surface area contributed by atoms with Crippen LogP contribution < -0.4 is 5.56 Å². The number of aromatic nitrogens is 4. The van der Waals surface area contributed by atoms with Gasteiger partial charge in [-0.25, -0.2) is 0 Å². The van der Waals surface area contributed by atoms with Crippen molar-refractivity contribution in [3.63, 3.8) is 0 Å². The largest absolute Gasteiger partial charge is 0.508 e. The number of phenolic OH excluding ortho intramolecular Hbond substituents is 1. The summed E-state index contributed by atoms with van der Waals surface area (Å²) in [4.78, 5) is 20.1. The predicted octanol–water partition coefficient (Wildman–Crippen LogP) is 2.77. The average Bonchev–Trinajstić information content (AvgIpc) is 2.93. The maximum Gasteiger partial charge on any atom is 0.274 e. The molecule has 0 saturated carbocycles. The molecular weight excluding hydrogens is 304 g/mol. The van der Waals surface area contributed by atoms with Crippen molar-refractivity contribution in [3.05, 3.63) is 70.8 Å².